The molecule has 1 aromatic heterocycles. The number of halogens is 1. The van der Waals surface area contributed by atoms with Gasteiger partial charge in [0.15, 0.2) is 0 Å². The molecule has 0 unspecified atom stereocenters. The Morgan fingerprint density at radius 2 is 2.00 bits per heavy atom. The van der Waals surface area contributed by atoms with E-state index in [4.69, 9.17) is 0 Å². The number of nitrogens with zero attached hydrogens (tertiary/aromatic N) is 3. The van der Waals surface area contributed by atoms with Gasteiger partial charge in [-0.1, -0.05) is 0 Å². The second-order valence-electron chi connectivity index (χ2n) is 4.63. The van der Waals surface area contributed by atoms with E-state index in [0.717, 1.165) is 38.1 Å². The molecule has 1 aromatic carbocycles. The topological polar surface area (TPSA) is 71.3 Å². The van der Waals surface area contributed by atoms with Crippen LogP contribution in [0.25, 0.3) is 10.9 Å². The summed E-state index contributed by atoms with van der Waals surface area (Å²) in [5.41, 5.74) is -0.0849. The van der Waals surface area contributed by atoms with Gasteiger partial charge in [-0.15, -0.1) is 0 Å². The average molecular weight is 276 g/mol. The lowest BCUT2D eigenvalue weighted by molar-refractivity contribution is -0.387. The van der Waals surface area contributed by atoms with Crippen LogP contribution >= 0.6 is 0 Å². The van der Waals surface area contributed by atoms with Gasteiger partial charge < -0.3 is 10.2 Å². The quantitative estimate of drug-likeness (QED) is 0.667. The standard InChI is InChI=1S/C13H13FN4O2/c14-13-9-1-4-12(17-7-5-15-6-8-17)16-10(9)2-3-11(13)18(19)20/h1-4,15H,5-8H2. The maximum atomic E-state index is 14.0. The molecule has 1 aliphatic heterocycles. The highest BCUT2D eigenvalue weighted by atomic mass is 19.1. The normalized spacial score (nSPS) is 15.6. The van der Waals surface area contributed by atoms with Crippen molar-refractivity contribution in [3.05, 3.63) is 40.2 Å². The summed E-state index contributed by atoms with van der Waals surface area (Å²) >= 11 is 0. The molecule has 7 heteroatoms. The lowest BCUT2D eigenvalue weighted by Crippen LogP contribution is -2.43. The number of rotatable bonds is 2. The van der Waals surface area contributed by atoms with Gasteiger partial charge in [-0.05, 0) is 18.2 Å². The second-order valence-corrected chi connectivity index (χ2v) is 4.63. The molecule has 2 heterocycles. The number of nitro benzene ring substituents is 1. The Balaban J connectivity index is 2.04. The molecule has 0 bridgehead atoms. The number of fused-ring (bicyclic) bond motifs is 1. The molecule has 1 saturated heterocycles. The third-order valence-electron chi connectivity index (χ3n) is 3.41. The number of aromatic nitrogens is 1. The highest BCUT2D eigenvalue weighted by Crippen LogP contribution is 2.27. The predicted octanol–water partition coefficient (Wildman–Crippen LogP) is 1.69. The molecule has 0 radical (unpaired) electrons. The van der Waals surface area contributed by atoms with Crippen LogP contribution in [0.1, 0.15) is 0 Å². The summed E-state index contributed by atoms with van der Waals surface area (Å²) in [6, 6.07) is 5.91. The van der Waals surface area contributed by atoms with Gasteiger partial charge in [-0.2, -0.15) is 4.39 Å². The van der Waals surface area contributed by atoms with Crippen LogP contribution < -0.4 is 10.2 Å². The van der Waals surface area contributed by atoms with Crippen molar-refractivity contribution in [2.24, 2.45) is 0 Å². The van der Waals surface area contributed by atoms with Crippen LogP contribution in [-0.4, -0.2) is 36.1 Å². The van der Waals surface area contributed by atoms with E-state index in [0.29, 0.717) is 5.52 Å². The minimum absolute atomic E-state index is 0.179. The fraction of sp³-hybridized carbons (Fsp3) is 0.308. The van der Waals surface area contributed by atoms with Crippen LogP contribution in [0.5, 0.6) is 0 Å². The Hall–Kier alpha value is -2.28. The number of nitro groups is 1. The van der Waals surface area contributed by atoms with E-state index in [1.54, 1.807) is 12.1 Å². The minimum Gasteiger partial charge on any atom is -0.354 e. The zero-order valence-corrected chi connectivity index (χ0v) is 10.7. The monoisotopic (exact) mass is 276 g/mol. The summed E-state index contributed by atoms with van der Waals surface area (Å²) in [7, 11) is 0. The molecular weight excluding hydrogens is 263 g/mol. The summed E-state index contributed by atoms with van der Waals surface area (Å²) in [6.45, 7) is 3.45. The molecule has 0 aliphatic carbocycles. The number of pyridine rings is 1. The molecule has 2 aromatic rings. The Labute approximate surface area is 114 Å². The van der Waals surface area contributed by atoms with E-state index in [9.17, 15) is 14.5 Å². The van der Waals surface area contributed by atoms with E-state index in [2.05, 4.69) is 15.2 Å². The first-order chi connectivity index (χ1) is 9.66. The van der Waals surface area contributed by atoms with E-state index in [-0.39, 0.29) is 5.39 Å². The van der Waals surface area contributed by atoms with Crippen molar-refractivity contribution in [2.75, 3.05) is 31.1 Å². The minimum atomic E-state index is -0.827. The molecule has 6 nitrogen and oxygen atoms in total. The molecule has 1 fully saturated rings. The third kappa shape index (κ3) is 2.16. The summed E-state index contributed by atoms with van der Waals surface area (Å²) in [5, 5.41) is 14.1. The molecule has 1 N–H and O–H groups in total. The summed E-state index contributed by atoms with van der Waals surface area (Å²) in [6.07, 6.45) is 0. The molecule has 104 valence electrons. The lowest BCUT2D eigenvalue weighted by Gasteiger charge is -2.28. The highest BCUT2D eigenvalue weighted by molar-refractivity contribution is 5.83. The van der Waals surface area contributed by atoms with Crippen LogP contribution in [0.15, 0.2) is 24.3 Å². The number of benzene rings is 1. The fourth-order valence-electron chi connectivity index (χ4n) is 2.36. The van der Waals surface area contributed by atoms with E-state index in [1.165, 1.54) is 6.07 Å². The SMILES string of the molecule is O=[N+]([O-])c1ccc2nc(N3CCNCC3)ccc2c1F. The second kappa shape index (κ2) is 5.01. The Kier molecular flexibility index (Phi) is 3.19. The summed E-state index contributed by atoms with van der Waals surface area (Å²) in [5.74, 6) is -0.0564. The van der Waals surface area contributed by atoms with Gasteiger partial charge in [0.25, 0.3) is 0 Å². The fourth-order valence-corrected chi connectivity index (χ4v) is 2.36. The molecular formula is C13H13FN4O2. The Morgan fingerprint density at radius 1 is 1.25 bits per heavy atom. The maximum absolute atomic E-state index is 14.0. The van der Waals surface area contributed by atoms with Gasteiger partial charge in [0.05, 0.1) is 10.4 Å². The zero-order valence-electron chi connectivity index (χ0n) is 10.7. The van der Waals surface area contributed by atoms with Crippen LogP contribution in [0, 0.1) is 15.9 Å². The summed E-state index contributed by atoms with van der Waals surface area (Å²) < 4.78 is 14.0. The van der Waals surface area contributed by atoms with Crippen molar-refractivity contribution in [3.8, 4) is 0 Å². The van der Waals surface area contributed by atoms with Crippen molar-refractivity contribution in [2.45, 2.75) is 0 Å². The van der Waals surface area contributed by atoms with Crippen LogP contribution in [0.2, 0.25) is 0 Å². The Morgan fingerprint density at radius 3 is 2.70 bits per heavy atom. The first-order valence-electron chi connectivity index (χ1n) is 6.36. The van der Waals surface area contributed by atoms with Gasteiger partial charge >= 0.3 is 5.69 Å². The van der Waals surface area contributed by atoms with Gasteiger partial charge in [-0.25, -0.2) is 4.98 Å². The largest absolute Gasteiger partial charge is 0.354 e. The van der Waals surface area contributed by atoms with Gasteiger partial charge in [0, 0.05) is 37.6 Å². The molecule has 3 rings (SSSR count). The number of hydrogen-bond donors (Lipinski definition) is 1. The Bertz CT molecular complexity index is 671. The lowest BCUT2D eigenvalue weighted by atomic mass is 10.2. The molecule has 0 saturated carbocycles. The maximum Gasteiger partial charge on any atom is 0.305 e. The number of piperazine rings is 1. The zero-order chi connectivity index (χ0) is 14.1. The van der Waals surface area contributed by atoms with Crippen LogP contribution in [-0.2, 0) is 0 Å². The predicted molar refractivity (Wildman–Crippen MR) is 73.4 cm³/mol. The molecule has 0 atom stereocenters. The van der Waals surface area contributed by atoms with E-state index < -0.39 is 16.4 Å². The molecule has 1 aliphatic rings. The van der Waals surface area contributed by atoms with Crippen molar-refractivity contribution >= 4 is 22.4 Å². The average Bonchev–Trinajstić information content (AvgIpc) is 2.48. The number of nitrogens with one attached hydrogen (secondary N) is 1. The van der Waals surface area contributed by atoms with Crippen molar-refractivity contribution in [3.63, 3.8) is 0 Å². The van der Waals surface area contributed by atoms with Crippen molar-refractivity contribution < 1.29 is 9.31 Å². The van der Waals surface area contributed by atoms with Crippen molar-refractivity contribution in [1.29, 1.82) is 0 Å². The first-order valence-corrected chi connectivity index (χ1v) is 6.36. The van der Waals surface area contributed by atoms with Crippen LogP contribution in [0.4, 0.5) is 15.9 Å². The highest BCUT2D eigenvalue weighted by Gasteiger charge is 2.18. The smallest absolute Gasteiger partial charge is 0.305 e. The van der Waals surface area contributed by atoms with Gasteiger partial charge in [-0.3, -0.25) is 10.1 Å². The van der Waals surface area contributed by atoms with E-state index >= 15 is 0 Å². The van der Waals surface area contributed by atoms with Gasteiger partial charge in [0.1, 0.15) is 5.82 Å². The molecule has 0 spiro atoms. The summed E-state index contributed by atoms with van der Waals surface area (Å²) in [4.78, 5) is 16.5. The molecule has 0 amide bonds. The number of anilines is 1. The first kappa shape index (κ1) is 12.7. The van der Waals surface area contributed by atoms with Crippen molar-refractivity contribution in [1.82, 2.24) is 10.3 Å². The van der Waals surface area contributed by atoms with E-state index in [1.807, 2.05) is 0 Å². The third-order valence-corrected chi connectivity index (χ3v) is 3.41. The number of hydrogen-bond acceptors (Lipinski definition) is 5. The van der Waals surface area contributed by atoms with Gasteiger partial charge in [0.2, 0.25) is 5.82 Å². The van der Waals surface area contributed by atoms with Crippen LogP contribution in [0.3, 0.4) is 0 Å². The molecule has 20 heavy (non-hydrogen) atoms.